The van der Waals surface area contributed by atoms with E-state index >= 15 is 0 Å². The molecule has 134 valence electrons. The number of hydrogen-bond acceptors (Lipinski definition) is 3. The molecule has 25 heavy (non-hydrogen) atoms. The van der Waals surface area contributed by atoms with Crippen LogP contribution in [-0.4, -0.2) is 19.1 Å². The number of hydrogen-bond donors (Lipinski definition) is 2. The number of carbonyl (C=O) groups excluding carboxylic acids is 1. The predicted octanol–water partition coefficient (Wildman–Crippen LogP) is 3.39. The second-order valence-corrected chi connectivity index (χ2v) is 6.24. The summed E-state index contributed by atoms with van der Waals surface area (Å²) in [5.41, 5.74) is 8.06. The second-order valence-electron chi connectivity index (χ2n) is 6.24. The molecule has 3 unspecified atom stereocenters. The fourth-order valence-electron chi connectivity index (χ4n) is 3.22. The van der Waals surface area contributed by atoms with Gasteiger partial charge in [-0.15, -0.1) is 12.4 Å². The normalized spacial score (nSPS) is 21.0. The lowest BCUT2D eigenvalue weighted by molar-refractivity contribution is -0.123. The minimum Gasteiger partial charge on any atom is -0.373 e. The number of amides is 1. The molecule has 5 heteroatoms. The molecule has 0 radical (unpaired) electrons. The lowest BCUT2D eigenvalue weighted by Gasteiger charge is -2.32. The molecule has 4 nitrogen and oxygen atoms in total. The van der Waals surface area contributed by atoms with Gasteiger partial charge in [-0.1, -0.05) is 60.7 Å². The molecule has 0 spiro atoms. The van der Waals surface area contributed by atoms with Crippen LogP contribution < -0.4 is 11.1 Å². The van der Waals surface area contributed by atoms with E-state index in [1.54, 1.807) is 0 Å². The van der Waals surface area contributed by atoms with Crippen LogP contribution >= 0.6 is 12.4 Å². The van der Waals surface area contributed by atoms with E-state index in [9.17, 15) is 4.79 Å². The summed E-state index contributed by atoms with van der Waals surface area (Å²) in [6.45, 7) is 1.35. The van der Waals surface area contributed by atoms with Crippen molar-refractivity contribution in [1.29, 1.82) is 0 Å². The first kappa shape index (κ1) is 19.4. The molecule has 3 atom stereocenters. The topological polar surface area (TPSA) is 64.4 Å². The minimum atomic E-state index is -0.633. The highest BCUT2D eigenvalue weighted by atomic mass is 35.5. The zero-order chi connectivity index (χ0) is 16.8. The van der Waals surface area contributed by atoms with Crippen molar-refractivity contribution < 1.29 is 9.53 Å². The average Bonchev–Trinajstić information content (AvgIpc) is 2.67. The highest BCUT2D eigenvalue weighted by molar-refractivity contribution is 5.85. The van der Waals surface area contributed by atoms with Crippen molar-refractivity contribution >= 4 is 18.3 Å². The molecule has 1 saturated heterocycles. The second kappa shape index (κ2) is 9.56. The molecule has 1 aliphatic heterocycles. The fourth-order valence-corrected chi connectivity index (χ4v) is 3.22. The Morgan fingerprint density at radius 1 is 1.12 bits per heavy atom. The van der Waals surface area contributed by atoms with Crippen LogP contribution in [0.25, 0.3) is 0 Å². The summed E-state index contributed by atoms with van der Waals surface area (Å²) in [7, 11) is 0. The third kappa shape index (κ3) is 5.05. The molecular formula is C20H25ClN2O2. The molecule has 1 amide bonds. The van der Waals surface area contributed by atoms with Crippen LogP contribution in [0.1, 0.15) is 36.1 Å². The van der Waals surface area contributed by atoms with Gasteiger partial charge in [-0.25, -0.2) is 0 Å². The Balaban J connectivity index is 0.00000225. The maximum absolute atomic E-state index is 12.4. The van der Waals surface area contributed by atoms with Gasteiger partial charge in [0.2, 0.25) is 5.91 Å². The van der Waals surface area contributed by atoms with Crippen molar-refractivity contribution in [3.8, 4) is 0 Å². The zero-order valence-corrected chi connectivity index (χ0v) is 15.0. The van der Waals surface area contributed by atoms with E-state index in [2.05, 4.69) is 17.4 Å². The number of ether oxygens (including phenoxy) is 1. The Morgan fingerprint density at radius 3 is 2.44 bits per heavy atom. The van der Waals surface area contributed by atoms with E-state index in [4.69, 9.17) is 10.5 Å². The Morgan fingerprint density at radius 2 is 1.76 bits per heavy atom. The van der Waals surface area contributed by atoms with Crippen molar-refractivity contribution in [3.05, 3.63) is 71.8 Å². The first-order valence-electron chi connectivity index (χ1n) is 8.50. The molecule has 0 aromatic heterocycles. The van der Waals surface area contributed by atoms with Crippen LogP contribution in [0.2, 0.25) is 0 Å². The van der Waals surface area contributed by atoms with Gasteiger partial charge < -0.3 is 15.8 Å². The van der Waals surface area contributed by atoms with Gasteiger partial charge in [0.15, 0.2) is 0 Å². The monoisotopic (exact) mass is 360 g/mol. The average molecular weight is 361 g/mol. The fraction of sp³-hybridized carbons (Fsp3) is 0.350. The molecule has 0 bridgehead atoms. The molecular weight excluding hydrogens is 336 g/mol. The number of nitrogens with one attached hydrogen (secondary N) is 1. The van der Waals surface area contributed by atoms with E-state index in [1.165, 1.54) is 5.56 Å². The van der Waals surface area contributed by atoms with Crippen molar-refractivity contribution in [2.45, 2.75) is 25.0 Å². The van der Waals surface area contributed by atoms with Gasteiger partial charge in [0, 0.05) is 19.1 Å². The highest BCUT2D eigenvalue weighted by Gasteiger charge is 2.28. The van der Waals surface area contributed by atoms with Crippen LogP contribution in [0.15, 0.2) is 60.7 Å². The SMILES string of the molecule is Cl.NC(C(=O)NCC1CCCOC1c1ccccc1)c1ccccc1. The van der Waals surface area contributed by atoms with Crippen LogP contribution in [0.5, 0.6) is 0 Å². The van der Waals surface area contributed by atoms with Gasteiger partial charge in [0.1, 0.15) is 6.04 Å². The van der Waals surface area contributed by atoms with E-state index in [0.717, 1.165) is 25.0 Å². The van der Waals surface area contributed by atoms with Crippen LogP contribution in [0.4, 0.5) is 0 Å². The Kier molecular flexibility index (Phi) is 7.44. The number of carbonyl (C=O) groups is 1. The Hall–Kier alpha value is -1.88. The summed E-state index contributed by atoms with van der Waals surface area (Å²) >= 11 is 0. The van der Waals surface area contributed by atoms with Crippen molar-refractivity contribution in [2.24, 2.45) is 11.7 Å². The summed E-state index contributed by atoms with van der Waals surface area (Å²) in [5.74, 6) is 0.131. The van der Waals surface area contributed by atoms with E-state index < -0.39 is 6.04 Å². The summed E-state index contributed by atoms with van der Waals surface area (Å²) in [6.07, 6.45) is 2.10. The molecule has 0 saturated carbocycles. The lowest BCUT2D eigenvalue weighted by atomic mass is 9.89. The number of benzene rings is 2. The third-order valence-corrected chi connectivity index (χ3v) is 4.55. The number of rotatable bonds is 5. The van der Waals surface area contributed by atoms with Gasteiger partial charge >= 0.3 is 0 Å². The Bertz CT molecular complexity index is 651. The van der Waals surface area contributed by atoms with Crippen molar-refractivity contribution in [2.75, 3.05) is 13.2 Å². The molecule has 2 aromatic rings. The number of nitrogens with two attached hydrogens (primary N) is 1. The van der Waals surface area contributed by atoms with Gasteiger partial charge in [-0.2, -0.15) is 0 Å². The zero-order valence-electron chi connectivity index (χ0n) is 14.1. The molecule has 2 aromatic carbocycles. The number of halogens is 1. The maximum Gasteiger partial charge on any atom is 0.241 e. The van der Waals surface area contributed by atoms with Crippen LogP contribution in [0, 0.1) is 5.92 Å². The molecule has 1 heterocycles. The molecule has 1 aliphatic rings. The van der Waals surface area contributed by atoms with E-state index in [0.29, 0.717) is 6.54 Å². The maximum atomic E-state index is 12.4. The summed E-state index contributed by atoms with van der Waals surface area (Å²) in [5, 5.41) is 3.01. The molecule has 1 fully saturated rings. The highest BCUT2D eigenvalue weighted by Crippen LogP contribution is 2.33. The van der Waals surface area contributed by atoms with Gasteiger partial charge in [-0.3, -0.25) is 4.79 Å². The minimum absolute atomic E-state index is 0. The summed E-state index contributed by atoms with van der Waals surface area (Å²) < 4.78 is 5.97. The quantitative estimate of drug-likeness (QED) is 0.859. The van der Waals surface area contributed by atoms with Crippen LogP contribution in [0.3, 0.4) is 0 Å². The van der Waals surface area contributed by atoms with E-state index in [-0.39, 0.29) is 30.3 Å². The first-order chi connectivity index (χ1) is 11.8. The first-order valence-corrected chi connectivity index (χ1v) is 8.50. The smallest absolute Gasteiger partial charge is 0.241 e. The van der Waals surface area contributed by atoms with Crippen LogP contribution in [-0.2, 0) is 9.53 Å². The van der Waals surface area contributed by atoms with Gasteiger partial charge in [0.25, 0.3) is 0 Å². The third-order valence-electron chi connectivity index (χ3n) is 4.55. The lowest BCUT2D eigenvalue weighted by Crippen LogP contribution is -2.39. The molecule has 3 N–H and O–H groups in total. The molecule has 3 rings (SSSR count). The van der Waals surface area contributed by atoms with Gasteiger partial charge in [-0.05, 0) is 24.0 Å². The Labute approximate surface area is 155 Å². The summed E-state index contributed by atoms with van der Waals surface area (Å²) in [4.78, 5) is 12.4. The van der Waals surface area contributed by atoms with Crippen molar-refractivity contribution in [3.63, 3.8) is 0 Å². The molecule has 0 aliphatic carbocycles. The largest absolute Gasteiger partial charge is 0.373 e. The predicted molar refractivity (Wildman–Crippen MR) is 101 cm³/mol. The van der Waals surface area contributed by atoms with Crippen molar-refractivity contribution in [1.82, 2.24) is 5.32 Å². The van der Waals surface area contributed by atoms with Gasteiger partial charge in [0.05, 0.1) is 6.10 Å². The summed E-state index contributed by atoms with van der Waals surface area (Å²) in [6, 6.07) is 19.0. The van der Waals surface area contributed by atoms with E-state index in [1.807, 2.05) is 48.5 Å². The standard InChI is InChI=1S/C20H24N2O2.ClH/c21-18(15-8-3-1-4-9-15)20(23)22-14-17-12-7-13-24-19(17)16-10-5-2-6-11-16;/h1-6,8-11,17-19H,7,12-14,21H2,(H,22,23);1H.